The van der Waals surface area contributed by atoms with Crippen LogP contribution < -0.4 is 4.90 Å². The van der Waals surface area contributed by atoms with Crippen LogP contribution in [0.2, 0.25) is 0 Å². The molecule has 3 heterocycles. The second-order valence-corrected chi connectivity index (χ2v) is 6.24. The molecule has 7 heteroatoms. The normalized spacial score (nSPS) is 15.7. The molecule has 2 aromatic heterocycles. The van der Waals surface area contributed by atoms with Gasteiger partial charge in [0.2, 0.25) is 5.91 Å². The molecule has 1 fully saturated rings. The van der Waals surface area contributed by atoms with E-state index in [0.717, 1.165) is 49.7 Å². The summed E-state index contributed by atoms with van der Waals surface area (Å²) in [6, 6.07) is 5.83. The smallest absolute Gasteiger partial charge is 0.242 e. The summed E-state index contributed by atoms with van der Waals surface area (Å²) in [5, 5.41) is 13.0. The lowest BCUT2D eigenvalue weighted by molar-refractivity contribution is -0.129. The molecule has 7 nitrogen and oxygen atoms in total. The highest BCUT2D eigenvalue weighted by Gasteiger charge is 2.22. The molecule has 1 amide bonds. The van der Waals surface area contributed by atoms with Gasteiger partial charge in [0.05, 0.1) is 12.2 Å². The van der Waals surface area contributed by atoms with Gasteiger partial charge >= 0.3 is 0 Å². The molecule has 0 spiro atoms. The van der Waals surface area contributed by atoms with Crippen molar-refractivity contribution in [2.45, 2.75) is 33.6 Å². The van der Waals surface area contributed by atoms with Crippen LogP contribution in [0.3, 0.4) is 0 Å². The molecule has 128 valence electrons. The summed E-state index contributed by atoms with van der Waals surface area (Å²) in [6.07, 6.45) is 1.94. The summed E-state index contributed by atoms with van der Waals surface area (Å²) in [6.45, 7) is 8.88. The van der Waals surface area contributed by atoms with Gasteiger partial charge in [0.25, 0.3) is 0 Å². The molecule has 1 aliphatic rings. The molecule has 0 N–H and O–H groups in total. The van der Waals surface area contributed by atoms with Crippen LogP contribution in [0.4, 0.5) is 5.82 Å². The number of hydrogen-bond donors (Lipinski definition) is 0. The van der Waals surface area contributed by atoms with Crippen molar-refractivity contribution in [2.75, 3.05) is 31.1 Å². The van der Waals surface area contributed by atoms with E-state index in [0.29, 0.717) is 12.4 Å². The van der Waals surface area contributed by atoms with Crippen LogP contribution in [-0.2, 0) is 4.79 Å². The van der Waals surface area contributed by atoms with Gasteiger partial charge in [0, 0.05) is 25.3 Å². The lowest BCUT2D eigenvalue weighted by Gasteiger charge is -2.21. The fourth-order valence-electron chi connectivity index (χ4n) is 3.08. The molecule has 1 aliphatic heterocycles. The Morgan fingerprint density at radius 2 is 1.88 bits per heavy atom. The molecule has 0 saturated carbocycles. The summed E-state index contributed by atoms with van der Waals surface area (Å²) in [5.74, 6) is 1.60. The van der Waals surface area contributed by atoms with Crippen molar-refractivity contribution < 1.29 is 4.79 Å². The van der Waals surface area contributed by atoms with E-state index in [9.17, 15) is 4.79 Å². The molecule has 0 radical (unpaired) electrons. The van der Waals surface area contributed by atoms with Crippen molar-refractivity contribution in [1.82, 2.24) is 24.9 Å². The summed E-state index contributed by atoms with van der Waals surface area (Å²) in [5.41, 5.74) is 1.97. The van der Waals surface area contributed by atoms with E-state index in [1.165, 1.54) is 0 Å². The quantitative estimate of drug-likeness (QED) is 0.855. The number of rotatable bonds is 4. The molecular weight excluding hydrogens is 304 g/mol. The number of anilines is 1. The Balaban J connectivity index is 1.76. The van der Waals surface area contributed by atoms with Crippen molar-refractivity contribution >= 4 is 11.7 Å². The van der Waals surface area contributed by atoms with Crippen molar-refractivity contribution in [3.63, 3.8) is 0 Å². The number of aromatic nitrogens is 4. The lowest BCUT2D eigenvalue weighted by Crippen LogP contribution is -2.37. The van der Waals surface area contributed by atoms with Crippen LogP contribution in [0.15, 0.2) is 18.2 Å². The van der Waals surface area contributed by atoms with Crippen LogP contribution >= 0.6 is 0 Å². The first kappa shape index (κ1) is 16.4. The molecule has 2 aromatic rings. The largest absolute Gasteiger partial charge is 0.346 e. The molecular formula is C17H24N6O. The Labute approximate surface area is 142 Å². The minimum absolute atomic E-state index is 0.166. The van der Waals surface area contributed by atoms with Crippen molar-refractivity contribution in [3.8, 4) is 5.82 Å². The first-order valence-corrected chi connectivity index (χ1v) is 8.48. The molecule has 0 aliphatic carbocycles. The fraction of sp³-hybridized carbons (Fsp3) is 0.529. The molecule has 24 heavy (non-hydrogen) atoms. The summed E-state index contributed by atoms with van der Waals surface area (Å²) >= 11 is 0. The Kier molecular flexibility index (Phi) is 4.78. The third-order valence-electron chi connectivity index (χ3n) is 4.22. The highest BCUT2D eigenvalue weighted by Crippen LogP contribution is 2.16. The number of aryl methyl sites for hydroxylation is 2. The zero-order chi connectivity index (χ0) is 17.1. The maximum absolute atomic E-state index is 12.3. The van der Waals surface area contributed by atoms with E-state index >= 15 is 0 Å². The van der Waals surface area contributed by atoms with Crippen molar-refractivity contribution in [1.29, 1.82) is 0 Å². The Morgan fingerprint density at radius 3 is 2.50 bits per heavy atom. The molecule has 1 saturated heterocycles. The summed E-state index contributed by atoms with van der Waals surface area (Å²) in [4.78, 5) is 16.3. The topological polar surface area (TPSA) is 67.2 Å². The summed E-state index contributed by atoms with van der Waals surface area (Å²) < 4.78 is 1.78. The van der Waals surface area contributed by atoms with E-state index in [1.54, 1.807) is 4.68 Å². The van der Waals surface area contributed by atoms with Gasteiger partial charge in [-0.2, -0.15) is 5.10 Å². The van der Waals surface area contributed by atoms with Crippen LogP contribution in [0.5, 0.6) is 0 Å². The highest BCUT2D eigenvalue weighted by molar-refractivity contribution is 5.81. The van der Waals surface area contributed by atoms with E-state index < -0.39 is 0 Å². The fourth-order valence-corrected chi connectivity index (χ4v) is 3.08. The molecule has 3 rings (SSSR count). The number of amides is 1. The molecule has 0 unspecified atom stereocenters. The highest BCUT2D eigenvalue weighted by atomic mass is 16.2. The zero-order valence-corrected chi connectivity index (χ0v) is 14.6. The van der Waals surface area contributed by atoms with E-state index in [1.807, 2.05) is 41.8 Å². The summed E-state index contributed by atoms with van der Waals surface area (Å²) in [7, 11) is 0. The minimum atomic E-state index is 0.166. The van der Waals surface area contributed by atoms with Crippen LogP contribution in [0, 0.1) is 13.8 Å². The third kappa shape index (κ3) is 3.39. The second kappa shape index (κ2) is 6.98. The average molecular weight is 328 g/mol. The van der Waals surface area contributed by atoms with Crippen LogP contribution in [0.25, 0.3) is 5.82 Å². The number of hydrogen-bond acceptors (Lipinski definition) is 5. The second-order valence-electron chi connectivity index (χ2n) is 6.24. The number of carbonyl (C=O) groups excluding carboxylic acids is 1. The van der Waals surface area contributed by atoms with Gasteiger partial charge in [-0.1, -0.05) is 6.92 Å². The monoisotopic (exact) mass is 328 g/mol. The van der Waals surface area contributed by atoms with Gasteiger partial charge in [-0.3, -0.25) is 4.79 Å². The standard InChI is InChI=1S/C17H24N6O/c1-4-8-21-9-5-10-22(12-17(21)24)15-6-7-16(19-18-15)23-14(3)11-13(2)20-23/h6-7,11H,4-5,8-10,12H2,1-3H3. The van der Waals surface area contributed by atoms with Gasteiger partial charge in [0.1, 0.15) is 0 Å². The van der Waals surface area contributed by atoms with Crippen molar-refractivity contribution in [2.24, 2.45) is 0 Å². The molecule has 0 atom stereocenters. The van der Waals surface area contributed by atoms with Crippen LogP contribution in [0.1, 0.15) is 31.2 Å². The predicted molar refractivity (Wildman–Crippen MR) is 92.3 cm³/mol. The predicted octanol–water partition coefficient (Wildman–Crippen LogP) is 1.73. The van der Waals surface area contributed by atoms with Gasteiger partial charge < -0.3 is 9.80 Å². The number of carbonyl (C=O) groups is 1. The zero-order valence-electron chi connectivity index (χ0n) is 14.6. The third-order valence-corrected chi connectivity index (χ3v) is 4.22. The van der Waals surface area contributed by atoms with Gasteiger partial charge in [-0.05, 0) is 44.9 Å². The first-order chi connectivity index (χ1) is 11.6. The van der Waals surface area contributed by atoms with Crippen LogP contribution in [-0.4, -0.2) is 57.0 Å². The average Bonchev–Trinajstić information content (AvgIpc) is 2.80. The van der Waals surface area contributed by atoms with E-state index in [-0.39, 0.29) is 5.91 Å². The number of nitrogens with zero attached hydrogens (tertiary/aromatic N) is 6. The molecule has 0 aromatic carbocycles. The van der Waals surface area contributed by atoms with Gasteiger partial charge in [-0.25, -0.2) is 4.68 Å². The SMILES string of the molecule is CCCN1CCCN(c2ccc(-n3nc(C)cc3C)nn2)CC1=O. The van der Waals surface area contributed by atoms with E-state index in [2.05, 4.69) is 22.2 Å². The minimum Gasteiger partial charge on any atom is -0.346 e. The molecule has 0 bridgehead atoms. The maximum atomic E-state index is 12.3. The van der Waals surface area contributed by atoms with Gasteiger partial charge in [0.15, 0.2) is 11.6 Å². The maximum Gasteiger partial charge on any atom is 0.242 e. The van der Waals surface area contributed by atoms with Crippen molar-refractivity contribution in [3.05, 3.63) is 29.6 Å². The van der Waals surface area contributed by atoms with Gasteiger partial charge in [-0.15, -0.1) is 10.2 Å². The lowest BCUT2D eigenvalue weighted by atomic mass is 10.3. The Hall–Kier alpha value is -2.44. The van der Waals surface area contributed by atoms with E-state index in [4.69, 9.17) is 0 Å². The first-order valence-electron chi connectivity index (χ1n) is 8.48. The Morgan fingerprint density at radius 1 is 1.12 bits per heavy atom. The Bertz CT molecular complexity index is 708.